The molecule has 0 spiro atoms. The van der Waals surface area contributed by atoms with Gasteiger partial charge in [0.25, 0.3) is 0 Å². The van der Waals surface area contributed by atoms with Crippen LogP contribution in [0.3, 0.4) is 0 Å². The first-order valence-corrected chi connectivity index (χ1v) is 9.69. The van der Waals surface area contributed by atoms with Gasteiger partial charge < -0.3 is 18.9 Å². The number of Topliss-reactive ketones (excluding diaryl/α,β-unsaturated/α-hetero) is 1. The van der Waals surface area contributed by atoms with Crippen LogP contribution in [0, 0.1) is 0 Å². The summed E-state index contributed by atoms with van der Waals surface area (Å²) in [5, 5.41) is 3.52. The molecule has 0 unspecified atom stereocenters. The van der Waals surface area contributed by atoms with Crippen LogP contribution >= 0.6 is 11.8 Å². The molecule has 0 N–H and O–H groups in total. The van der Waals surface area contributed by atoms with Gasteiger partial charge in [0.1, 0.15) is 11.4 Å². The summed E-state index contributed by atoms with van der Waals surface area (Å²) in [5.74, 6) is -0.255. The summed E-state index contributed by atoms with van der Waals surface area (Å²) in [7, 11) is 0. The van der Waals surface area contributed by atoms with Crippen molar-refractivity contribution in [3.8, 4) is 0 Å². The number of esters is 2. The van der Waals surface area contributed by atoms with E-state index in [-0.39, 0.29) is 18.4 Å². The van der Waals surface area contributed by atoms with Crippen molar-refractivity contribution in [1.82, 2.24) is 4.57 Å². The number of carbonyl (C=O) groups is 3. The van der Waals surface area contributed by atoms with Gasteiger partial charge in [-0.2, -0.15) is 0 Å². The zero-order valence-corrected chi connectivity index (χ0v) is 16.8. The Kier molecular flexibility index (Phi) is 7.29. The van der Waals surface area contributed by atoms with Crippen molar-refractivity contribution in [2.24, 2.45) is 0 Å². The summed E-state index contributed by atoms with van der Waals surface area (Å²) in [6.45, 7) is 8.75. The van der Waals surface area contributed by atoms with Gasteiger partial charge in [-0.15, -0.1) is 11.8 Å². The van der Waals surface area contributed by atoms with Gasteiger partial charge in [0.05, 0.1) is 18.9 Å². The molecule has 7 nitrogen and oxygen atoms in total. The zero-order valence-electron chi connectivity index (χ0n) is 16.0. The minimum Gasteiger partial charge on any atom is -0.463 e. The highest BCUT2D eigenvalue weighted by Crippen LogP contribution is 2.34. The molecule has 0 radical (unpaired) electrons. The number of hydrogen-bond acceptors (Lipinski definition) is 7. The fraction of sp³-hybridized carbons (Fsp3) is 0.421. The molecule has 0 bridgehead atoms. The molecule has 1 aromatic rings. The molecule has 2 heterocycles. The molecule has 0 atom stereocenters. The van der Waals surface area contributed by atoms with Crippen LogP contribution in [0.15, 0.2) is 28.7 Å². The molecule has 27 heavy (non-hydrogen) atoms. The Bertz CT molecular complexity index is 794. The van der Waals surface area contributed by atoms with Crippen molar-refractivity contribution in [2.75, 3.05) is 24.7 Å². The second kappa shape index (κ2) is 9.45. The number of hydrogen-bond donors (Lipinski definition) is 0. The highest BCUT2D eigenvalue weighted by Gasteiger charge is 2.31. The Balaban J connectivity index is 2.25. The predicted octanol–water partition coefficient (Wildman–Crippen LogP) is 3.36. The molecule has 1 aromatic heterocycles. The Labute approximate surface area is 163 Å². The van der Waals surface area contributed by atoms with Crippen molar-refractivity contribution in [1.29, 1.82) is 0 Å². The topological polar surface area (TPSA) is 77.8 Å². The first-order valence-electron chi connectivity index (χ1n) is 8.75. The van der Waals surface area contributed by atoms with E-state index in [2.05, 4.69) is 0 Å². The van der Waals surface area contributed by atoms with Crippen LogP contribution in [0.5, 0.6) is 0 Å². The SMILES string of the molecule is CCOC(=O)C=CSC=C(C)N1CCn2c(C(C)=O)cc(C(=O)OCC)c21. The van der Waals surface area contributed by atoms with Crippen LogP contribution in [-0.4, -0.2) is 42.0 Å². The van der Waals surface area contributed by atoms with Crippen LogP contribution in [0.25, 0.3) is 0 Å². The van der Waals surface area contributed by atoms with Crippen LogP contribution in [0.1, 0.15) is 48.5 Å². The number of ketones is 1. The van der Waals surface area contributed by atoms with Crippen LogP contribution < -0.4 is 4.90 Å². The molecule has 1 aliphatic heterocycles. The molecule has 0 fully saturated rings. The van der Waals surface area contributed by atoms with Crippen molar-refractivity contribution >= 4 is 35.3 Å². The zero-order chi connectivity index (χ0) is 20.0. The van der Waals surface area contributed by atoms with Crippen LogP contribution in [0.4, 0.5) is 5.82 Å². The summed E-state index contributed by atoms with van der Waals surface area (Å²) < 4.78 is 11.8. The highest BCUT2D eigenvalue weighted by molar-refractivity contribution is 8.04. The number of aromatic nitrogens is 1. The van der Waals surface area contributed by atoms with E-state index in [4.69, 9.17) is 9.47 Å². The molecule has 0 amide bonds. The lowest BCUT2D eigenvalue weighted by molar-refractivity contribution is -0.137. The quantitative estimate of drug-likeness (QED) is 0.381. The molecule has 8 heteroatoms. The maximum Gasteiger partial charge on any atom is 0.341 e. The Morgan fingerprint density at radius 1 is 1.15 bits per heavy atom. The van der Waals surface area contributed by atoms with Crippen molar-refractivity contribution in [2.45, 2.75) is 34.2 Å². The third kappa shape index (κ3) is 4.82. The fourth-order valence-electron chi connectivity index (χ4n) is 2.84. The second-order valence-corrected chi connectivity index (χ2v) is 6.58. The lowest BCUT2D eigenvalue weighted by atomic mass is 10.2. The molecular weight excluding hydrogens is 368 g/mol. The van der Waals surface area contributed by atoms with Crippen molar-refractivity contribution in [3.05, 3.63) is 39.9 Å². The minimum atomic E-state index is -0.441. The predicted molar refractivity (Wildman–Crippen MR) is 105 cm³/mol. The Morgan fingerprint density at radius 2 is 1.85 bits per heavy atom. The third-order valence-electron chi connectivity index (χ3n) is 3.96. The van der Waals surface area contributed by atoms with Crippen molar-refractivity contribution < 1.29 is 23.9 Å². The molecule has 0 saturated carbocycles. The van der Waals surface area contributed by atoms with E-state index in [1.165, 1.54) is 24.8 Å². The molecule has 146 valence electrons. The number of thioether (sulfide) groups is 1. The number of rotatable bonds is 8. The largest absolute Gasteiger partial charge is 0.463 e. The average molecular weight is 392 g/mol. The maximum atomic E-state index is 12.3. The van der Waals surface area contributed by atoms with Gasteiger partial charge in [-0.05, 0) is 37.7 Å². The monoisotopic (exact) mass is 392 g/mol. The first-order chi connectivity index (χ1) is 12.9. The highest BCUT2D eigenvalue weighted by atomic mass is 32.2. The first kappa shape index (κ1) is 20.8. The maximum absolute atomic E-state index is 12.3. The number of ether oxygens (including phenoxy) is 2. The molecular formula is C19H24N2O5S. The van der Waals surface area contributed by atoms with E-state index in [0.29, 0.717) is 36.8 Å². The van der Waals surface area contributed by atoms with Crippen LogP contribution in [-0.2, 0) is 20.8 Å². The fourth-order valence-corrected chi connectivity index (χ4v) is 3.44. The molecule has 0 aliphatic carbocycles. The van der Waals surface area contributed by atoms with Gasteiger partial charge >= 0.3 is 11.9 Å². The van der Waals surface area contributed by atoms with Gasteiger partial charge in [-0.25, -0.2) is 9.59 Å². The molecule has 0 saturated heterocycles. The normalized spacial score (nSPS) is 13.8. The summed E-state index contributed by atoms with van der Waals surface area (Å²) in [6.07, 6.45) is 1.36. The van der Waals surface area contributed by atoms with E-state index >= 15 is 0 Å². The lowest BCUT2D eigenvalue weighted by Crippen LogP contribution is -2.20. The third-order valence-corrected chi connectivity index (χ3v) is 4.73. The standard InChI is InChI=1S/C19H24N2O5S/c1-5-25-17(23)7-10-27-12-13(3)20-8-9-21-16(14(4)22)11-15(18(20)21)19(24)26-6-2/h7,10-12H,5-6,8-9H2,1-4H3. The van der Waals surface area contributed by atoms with E-state index < -0.39 is 5.97 Å². The Morgan fingerprint density at radius 3 is 2.48 bits per heavy atom. The molecule has 0 aromatic carbocycles. The minimum absolute atomic E-state index is 0.0953. The number of allylic oxidation sites excluding steroid dienone is 1. The van der Waals surface area contributed by atoms with E-state index in [1.807, 2.05) is 21.8 Å². The summed E-state index contributed by atoms with van der Waals surface area (Å²) >= 11 is 1.34. The lowest BCUT2D eigenvalue weighted by Gasteiger charge is -2.19. The van der Waals surface area contributed by atoms with E-state index in [1.54, 1.807) is 25.3 Å². The Hall–Kier alpha value is -2.48. The van der Waals surface area contributed by atoms with Crippen LogP contribution in [0.2, 0.25) is 0 Å². The number of carbonyl (C=O) groups excluding carboxylic acids is 3. The average Bonchev–Trinajstić information content (AvgIpc) is 3.19. The van der Waals surface area contributed by atoms with Gasteiger partial charge in [0.15, 0.2) is 5.78 Å². The van der Waals surface area contributed by atoms with E-state index in [9.17, 15) is 14.4 Å². The molecule has 2 rings (SSSR count). The van der Waals surface area contributed by atoms with Gasteiger partial charge in [-0.1, -0.05) is 0 Å². The van der Waals surface area contributed by atoms with Gasteiger partial charge in [0.2, 0.25) is 0 Å². The summed E-state index contributed by atoms with van der Waals surface area (Å²) in [6, 6.07) is 1.60. The van der Waals surface area contributed by atoms with Crippen molar-refractivity contribution in [3.63, 3.8) is 0 Å². The summed E-state index contributed by atoms with van der Waals surface area (Å²) in [5.41, 5.74) is 1.78. The second-order valence-electron chi connectivity index (χ2n) is 5.80. The van der Waals surface area contributed by atoms with Gasteiger partial charge in [0, 0.05) is 31.8 Å². The number of anilines is 1. The van der Waals surface area contributed by atoms with E-state index in [0.717, 1.165) is 5.70 Å². The molecule has 1 aliphatic rings. The number of fused-ring (bicyclic) bond motifs is 1. The van der Waals surface area contributed by atoms with Gasteiger partial charge in [-0.3, -0.25) is 4.79 Å². The summed E-state index contributed by atoms with van der Waals surface area (Å²) in [4.78, 5) is 37.6. The smallest absolute Gasteiger partial charge is 0.341 e. The number of nitrogens with zero attached hydrogens (tertiary/aromatic N) is 2.